The predicted molar refractivity (Wildman–Crippen MR) is 77.6 cm³/mol. The molecule has 0 aliphatic carbocycles. The molecule has 18 heavy (non-hydrogen) atoms. The van der Waals surface area contributed by atoms with E-state index in [9.17, 15) is 0 Å². The Balaban J connectivity index is 1.63. The first kappa shape index (κ1) is 13.0. The number of benzene rings is 1. The molecule has 0 aliphatic rings. The minimum atomic E-state index is 0.709. The third-order valence-electron chi connectivity index (χ3n) is 2.65. The van der Waals surface area contributed by atoms with Crippen LogP contribution in [0.2, 0.25) is 0 Å². The van der Waals surface area contributed by atoms with Crippen molar-refractivity contribution in [3.05, 3.63) is 52.8 Å². The topological polar surface area (TPSA) is 37.8 Å². The zero-order valence-electron chi connectivity index (χ0n) is 10.1. The number of halogens is 1. The quantitative estimate of drug-likeness (QED) is 0.827. The highest BCUT2D eigenvalue weighted by molar-refractivity contribution is 9.10. The van der Waals surface area contributed by atoms with Gasteiger partial charge in [-0.1, -0.05) is 28.1 Å². The van der Waals surface area contributed by atoms with Gasteiger partial charge < -0.3 is 5.32 Å². The molecular weight excluding hydrogens is 290 g/mol. The maximum absolute atomic E-state index is 4.12. The van der Waals surface area contributed by atoms with Crippen molar-refractivity contribution >= 4 is 21.9 Å². The Kier molecular flexibility index (Phi) is 5.15. The molecule has 0 spiro atoms. The number of aryl methyl sites for hydroxylation is 1. The van der Waals surface area contributed by atoms with Gasteiger partial charge in [-0.15, -0.1) is 0 Å². The van der Waals surface area contributed by atoms with Crippen molar-refractivity contribution in [2.24, 2.45) is 0 Å². The average Bonchev–Trinajstić information content (AvgIpc) is 2.42. The summed E-state index contributed by atoms with van der Waals surface area (Å²) in [4.78, 5) is 8.23. The van der Waals surface area contributed by atoms with Gasteiger partial charge in [0.05, 0.1) is 0 Å². The van der Waals surface area contributed by atoms with Gasteiger partial charge in [0.25, 0.3) is 0 Å². The molecule has 0 atom stereocenters. The highest BCUT2D eigenvalue weighted by Gasteiger charge is 1.95. The second kappa shape index (κ2) is 7.11. The molecule has 0 radical (unpaired) electrons. The lowest BCUT2D eigenvalue weighted by atomic mass is 10.1. The molecule has 0 bridgehead atoms. The summed E-state index contributed by atoms with van der Waals surface area (Å²) in [6.45, 7) is 0.917. The van der Waals surface area contributed by atoms with Crippen molar-refractivity contribution in [3.63, 3.8) is 0 Å². The summed E-state index contributed by atoms with van der Waals surface area (Å²) >= 11 is 3.44. The fourth-order valence-electron chi connectivity index (χ4n) is 1.70. The third-order valence-corrected chi connectivity index (χ3v) is 3.18. The second-order valence-corrected chi connectivity index (χ2v) is 5.00. The SMILES string of the molecule is Brc1ccc(CCCCNc2ncccn2)cc1. The molecular formula is C14H16BrN3. The van der Waals surface area contributed by atoms with Gasteiger partial charge in [-0.3, -0.25) is 0 Å². The molecule has 0 saturated carbocycles. The summed E-state index contributed by atoms with van der Waals surface area (Å²) in [7, 11) is 0. The van der Waals surface area contributed by atoms with Gasteiger partial charge in [-0.05, 0) is 43.0 Å². The molecule has 4 heteroatoms. The molecule has 1 heterocycles. The lowest BCUT2D eigenvalue weighted by molar-refractivity contribution is 0.759. The Morgan fingerprint density at radius 3 is 2.44 bits per heavy atom. The predicted octanol–water partition coefficient (Wildman–Crippen LogP) is 3.67. The van der Waals surface area contributed by atoms with Crippen LogP contribution < -0.4 is 5.32 Å². The van der Waals surface area contributed by atoms with Gasteiger partial charge in [-0.2, -0.15) is 0 Å². The molecule has 0 aliphatic heterocycles. The van der Waals surface area contributed by atoms with Crippen LogP contribution in [0, 0.1) is 0 Å². The highest BCUT2D eigenvalue weighted by atomic mass is 79.9. The zero-order valence-corrected chi connectivity index (χ0v) is 11.7. The van der Waals surface area contributed by atoms with Crippen molar-refractivity contribution in [2.45, 2.75) is 19.3 Å². The molecule has 0 fully saturated rings. The molecule has 94 valence electrons. The molecule has 3 nitrogen and oxygen atoms in total. The molecule has 1 aromatic carbocycles. The smallest absolute Gasteiger partial charge is 0.222 e. The summed E-state index contributed by atoms with van der Waals surface area (Å²) in [6, 6.07) is 10.3. The molecule has 0 amide bonds. The minimum absolute atomic E-state index is 0.709. The highest BCUT2D eigenvalue weighted by Crippen LogP contribution is 2.12. The fraction of sp³-hybridized carbons (Fsp3) is 0.286. The normalized spacial score (nSPS) is 10.3. The first-order chi connectivity index (χ1) is 8.84. The van der Waals surface area contributed by atoms with Gasteiger partial charge in [0.15, 0.2) is 0 Å². The standard InChI is InChI=1S/C14H16BrN3/c15-13-7-5-12(6-8-13)4-1-2-9-16-14-17-10-3-11-18-14/h3,5-8,10-11H,1-2,4,9H2,(H,16,17,18). The minimum Gasteiger partial charge on any atom is -0.354 e. The first-order valence-corrected chi connectivity index (χ1v) is 6.89. The van der Waals surface area contributed by atoms with Gasteiger partial charge in [0, 0.05) is 23.4 Å². The van der Waals surface area contributed by atoms with E-state index in [0.717, 1.165) is 23.9 Å². The van der Waals surface area contributed by atoms with E-state index in [2.05, 4.69) is 55.5 Å². The van der Waals surface area contributed by atoms with Crippen LogP contribution in [0.15, 0.2) is 47.2 Å². The number of nitrogens with zero attached hydrogens (tertiary/aromatic N) is 2. The number of anilines is 1. The maximum Gasteiger partial charge on any atom is 0.222 e. The van der Waals surface area contributed by atoms with Crippen LogP contribution >= 0.6 is 15.9 Å². The van der Waals surface area contributed by atoms with E-state index < -0.39 is 0 Å². The Labute approximate surface area is 116 Å². The van der Waals surface area contributed by atoms with Crippen molar-refractivity contribution in [1.29, 1.82) is 0 Å². The van der Waals surface area contributed by atoms with Crippen LogP contribution in [0.4, 0.5) is 5.95 Å². The van der Waals surface area contributed by atoms with Crippen LogP contribution in [0.1, 0.15) is 18.4 Å². The summed E-state index contributed by atoms with van der Waals surface area (Å²) in [5.74, 6) is 0.709. The molecule has 1 aromatic heterocycles. The number of unbranched alkanes of at least 4 members (excludes halogenated alkanes) is 1. The van der Waals surface area contributed by atoms with E-state index in [4.69, 9.17) is 0 Å². The average molecular weight is 306 g/mol. The zero-order chi connectivity index (χ0) is 12.6. The van der Waals surface area contributed by atoms with Crippen LogP contribution in [0.25, 0.3) is 0 Å². The fourth-order valence-corrected chi connectivity index (χ4v) is 1.96. The van der Waals surface area contributed by atoms with Gasteiger partial charge in [-0.25, -0.2) is 9.97 Å². The van der Waals surface area contributed by atoms with Crippen molar-refractivity contribution in [1.82, 2.24) is 9.97 Å². The van der Waals surface area contributed by atoms with E-state index >= 15 is 0 Å². The Morgan fingerprint density at radius 1 is 1.00 bits per heavy atom. The van der Waals surface area contributed by atoms with Crippen LogP contribution in [0.5, 0.6) is 0 Å². The summed E-state index contributed by atoms with van der Waals surface area (Å²) < 4.78 is 1.13. The summed E-state index contributed by atoms with van der Waals surface area (Å²) in [5.41, 5.74) is 1.38. The third kappa shape index (κ3) is 4.45. The Bertz CT molecular complexity index is 456. The summed E-state index contributed by atoms with van der Waals surface area (Å²) in [6.07, 6.45) is 6.90. The molecule has 1 N–H and O–H groups in total. The van der Waals surface area contributed by atoms with Gasteiger partial charge in [0.2, 0.25) is 5.95 Å². The summed E-state index contributed by atoms with van der Waals surface area (Å²) in [5, 5.41) is 3.21. The number of hydrogen-bond donors (Lipinski definition) is 1. The van der Waals surface area contributed by atoms with Crippen LogP contribution in [-0.2, 0) is 6.42 Å². The van der Waals surface area contributed by atoms with Crippen molar-refractivity contribution in [2.75, 3.05) is 11.9 Å². The van der Waals surface area contributed by atoms with E-state index in [1.807, 2.05) is 6.07 Å². The molecule has 2 aromatic rings. The number of rotatable bonds is 6. The van der Waals surface area contributed by atoms with Crippen molar-refractivity contribution in [3.8, 4) is 0 Å². The number of nitrogens with one attached hydrogen (secondary N) is 1. The second-order valence-electron chi connectivity index (χ2n) is 4.08. The molecule has 2 rings (SSSR count). The van der Waals surface area contributed by atoms with Crippen molar-refractivity contribution < 1.29 is 0 Å². The first-order valence-electron chi connectivity index (χ1n) is 6.10. The number of hydrogen-bond acceptors (Lipinski definition) is 3. The van der Waals surface area contributed by atoms with E-state index in [1.165, 1.54) is 12.0 Å². The van der Waals surface area contributed by atoms with E-state index in [-0.39, 0.29) is 0 Å². The lowest BCUT2D eigenvalue weighted by Gasteiger charge is -2.04. The monoisotopic (exact) mass is 305 g/mol. The van der Waals surface area contributed by atoms with E-state index in [1.54, 1.807) is 12.4 Å². The molecule has 0 unspecified atom stereocenters. The Hall–Kier alpha value is -1.42. The van der Waals surface area contributed by atoms with E-state index in [0.29, 0.717) is 5.95 Å². The van der Waals surface area contributed by atoms with Crippen LogP contribution in [0.3, 0.4) is 0 Å². The lowest BCUT2D eigenvalue weighted by Crippen LogP contribution is -2.05. The largest absolute Gasteiger partial charge is 0.354 e. The maximum atomic E-state index is 4.12. The Morgan fingerprint density at radius 2 is 1.72 bits per heavy atom. The van der Waals surface area contributed by atoms with Gasteiger partial charge in [0.1, 0.15) is 0 Å². The number of aromatic nitrogens is 2. The van der Waals surface area contributed by atoms with Gasteiger partial charge >= 0.3 is 0 Å². The molecule has 0 saturated heterocycles. The van der Waals surface area contributed by atoms with Crippen LogP contribution in [-0.4, -0.2) is 16.5 Å².